The average Bonchev–Trinajstić information content (AvgIpc) is 2.24. The summed E-state index contributed by atoms with van der Waals surface area (Å²) in [7, 11) is 0. The van der Waals surface area contributed by atoms with Crippen molar-refractivity contribution in [2.45, 2.75) is 6.42 Å². The van der Waals surface area contributed by atoms with Crippen molar-refractivity contribution in [2.24, 2.45) is 0 Å². The lowest BCUT2D eigenvalue weighted by molar-refractivity contribution is -0.134. The number of carboxylic acid groups (broad SMARTS) is 1. The molecule has 1 aromatic rings. The van der Waals surface area contributed by atoms with Crippen molar-refractivity contribution in [3.63, 3.8) is 0 Å². The Kier molecular flexibility index (Phi) is 5.86. The molecule has 0 fully saturated rings. The first-order chi connectivity index (χ1) is 8.08. The number of aliphatic carboxylic acids is 1. The van der Waals surface area contributed by atoms with Gasteiger partial charge in [0.15, 0.2) is 0 Å². The smallest absolute Gasteiger partial charge is 0.313 e. The Morgan fingerprint density at radius 2 is 2.18 bits per heavy atom. The van der Waals surface area contributed by atoms with Gasteiger partial charge in [0, 0.05) is 22.9 Å². The molecule has 2 N–H and O–H groups in total. The molecule has 1 amide bonds. The van der Waals surface area contributed by atoms with Gasteiger partial charge in [-0.15, -0.1) is 11.8 Å². The fraction of sp³-hybridized carbons (Fsp3) is 0.273. The molecule has 17 heavy (non-hydrogen) atoms. The van der Waals surface area contributed by atoms with E-state index in [-0.39, 0.29) is 18.1 Å². The van der Waals surface area contributed by atoms with Crippen molar-refractivity contribution < 1.29 is 14.7 Å². The maximum Gasteiger partial charge on any atom is 0.313 e. The van der Waals surface area contributed by atoms with Crippen LogP contribution in [0, 0.1) is 0 Å². The van der Waals surface area contributed by atoms with Crippen LogP contribution in [0.15, 0.2) is 24.3 Å². The second kappa shape index (κ2) is 7.19. The number of nitrogens with one attached hydrogen (secondary N) is 1. The Hall–Kier alpha value is -1.20. The molecule has 0 atom stereocenters. The van der Waals surface area contributed by atoms with Crippen molar-refractivity contribution in [1.29, 1.82) is 0 Å². The number of thioether (sulfide) groups is 1. The van der Waals surface area contributed by atoms with Crippen LogP contribution in [0.1, 0.15) is 6.42 Å². The summed E-state index contributed by atoms with van der Waals surface area (Å²) in [5.74, 6) is -0.515. The highest BCUT2D eigenvalue weighted by Gasteiger charge is 2.04. The van der Waals surface area contributed by atoms with Crippen molar-refractivity contribution in [3.8, 4) is 0 Å². The Morgan fingerprint density at radius 3 is 2.82 bits per heavy atom. The first-order valence-corrected chi connectivity index (χ1v) is 6.46. The number of carboxylic acids is 1. The molecule has 4 nitrogen and oxygen atoms in total. The number of carbonyl (C=O) groups is 2. The van der Waals surface area contributed by atoms with E-state index in [2.05, 4.69) is 5.32 Å². The molecule has 0 bridgehead atoms. The highest BCUT2D eigenvalue weighted by Crippen LogP contribution is 2.15. The van der Waals surface area contributed by atoms with E-state index < -0.39 is 5.97 Å². The van der Waals surface area contributed by atoms with Gasteiger partial charge in [0.05, 0.1) is 5.75 Å². The molecule has 1 rings (SSSR count). The van der Waals surface area contributed by atoms with Gasteiger partial charge in [-0.1, -0.05) is 17.7 Å². The van der Waals surface area contributed by atoms with Crippen LogP contribution >= 0.6 is 23.4 Å². The molecule has 0 unspecified atom stereocenters. The third-order valence-corrected chi connectivity index (χ3v) is 2.99. The molecule has 0 saturated carbocycles. The minimum Gasteiger partial charge on any atom is -0.481 e. The summed E-state index contributed by atoms with van der Waals surface area (Å²) in [6.45, 7) is 0. The van der Waals surface area contributed by atoms with Gasteiger partial charge < -0.3 is 10.4 Å². The van der Waals surface area contributed by atoms with Gasteiger partial charge in [-0.2, -0.15) is 0 Å². The van der Waals surface area contributed by atoms with Gasteiger partial charge in [0.2, 0.25) is 5.91 Å². The highest BCUT2D eigenvalue weighted by molar-refractivity contribution is 7.99. The SMILES string of the molecule is O=C(O)CSCCC(=O)Nc1cccc(Cl)c1. The van der Waals surface area contributed by atoms with Crippen molar-refractivity contribution in [1.82, 2.24) is 0 Å². The lowest BCUT2D eigenvalue weighted by Crippen LogP contribution is -2.12. The fourth-order valence-electron chi connectivity index (χ4n) is 1.11. The molecule has 0 heterocycles. The van der Waals surface area contributed by atoms with Gasteiger partial charge in [0.1, 0.15) is 0 Å². The molecule has 0 aliphatic carbocycles. The maximum atomic E-state index is 11.5. The number of benzene rings is 1. The van der Waals surface area contributed by atoms with E-state index in [0.717, 1.165) is 0 Å². The van der Waals surface area contributed by atoms with Gasteiger partial charge in [0.25, 0.3) is 0 Å². The third-order valence-electron chi connectivity index (χ3n) is 1.81. The van der Waals surface area contributed by atoms with E-state index in [4.69, 9.17) is 16.7 Å². The van der Waals surface area contributed by atoms with Crippen molar-refractivity contribution in [2.75, 3.05) is 16.8 Å². The normalized spacial score (nSPS) is 9.94. The van der Waals surface area contributed by atoms with Crippen LogP contribution in [0.3, 0.4) is 0 Å². The second-order valence-corrected chi connectivity index (χ2v) is 4.80. The molecule has 92 valence electrons. The monoisotopic (exact) mass is 273 g/mol. The van der Waals surface area contributed by atoms with Crippen LogP contribution in [0.25, 0.3) is 0 Å². The summed E-state index contributed by atoms with van der Waals surface area (Å²) in [6, 6.07) is 6.87. The van der Waals surface area contributed by atoms with Gasteiger partial charge >= 0.3 is 5.97 Å². The fourth-order valence-corrected chi connectivity index (χ4v) is 1.95. The maximum absolute atomic E-state index is 11.5. The van der Waals surface area contributed by atoms with Crippen LogP contribution in [0.4, 0.5) is 5.69 Å². The molecule has 6 heteroatoms. The number of hydrogen-bond acceptors (Lipinski definition) is 3. The molecule has 0 aromatic heterocycles. The summed E-state index contributed by atoms with van der Waals surface area (Å²) in [5.41, 5.74) is 0.644. The average molecular weight is 274 g/mol. The molecule has 0 spiro atoms. The first-order valence-electron chi connectivity index (χ1n) is 4.93. The van der Waals surface area contributed by atoms with E-state index in [9.17, 15) is 9.59 Å². The second-order valence-electron chi connectivity index (χ2n) is 3.25. The summed E-state index contributed by atoms with van der Waals surface area (Å²) >= 11 is 6.99. The number of amides is 1. The zero-order chi connectivity index (χ0) is 12.7. The van der Waals surface area contributed by atoms with Crippen molar-refractivity contribution in [3.05, 3.63) is 29.3 Å². The van der Waals surface area contributed by atoms with E-state index in [1.807, 2.05) is 0 Å². The number of halogens is 1. The third kappa shape index (κ3) is 6.19. The minimum atomic E-state index is -0.870. The number of carbonyl (C=O) groups excluding carboxylic acids is 1. The van der Waals surface area contributed by atoms with Crippen LogP contribution in [-0.4, -0.2) is 28.5 Å². The van der Waals surface area contributed by atoms with E-state index in [1.165, 1.54) is 11.8 Å². The van der Waals surface area contributed by atoms with Crippen molar-refractivity contribution >= 4 is 40.9 Å². The number of anilines is 1. The molecule has 0 aliphatic heterocycles. The zero-order valence-electron chi connectivity index (χ0n) is 8.98. The summed E-state index contributed by atoms with van der Waals surface area (Å²) in [5, 5.41) is 11.7. The van der Waals surface area contributed by atoms with Crippen LogP contribution in [-0.2, 0) is 9.59 Å². The number of rotatable bonds is 6. The molecule has 0 saturated heterocycles. The predicted octanol–water partition coefficient (Wildman–Crippen LogP) is 2.49. The lowest BCUT2D eigenvalue weighted by Gasteiger charge is -2.04. The van der Waals surface area contributed by atoms with Gasteiger partial charge in [-0.05, 0) is 18.2 Å². The highest BCUT2D eigenvalue weighted by atomic mass is 35.5. The van der Waals surface area contributed by atoms with Gasteiger partial charge in [-0.3, -0.25) is 9.59 Å². The quantitative estimate of drug-likeness (QED) is 0.782. The standard InChI is InChI=1S/C11H12ClNO3S/c12-8-2-1-3-9(6-8)13-10(14)4-5-17-7-11(15)16/h1-3,6H,4-5,7H2,(H,13,14)(H,15,16). The van der Waals surface area contributed by atoms with Crippen LogP contribution < -0.4 is 5.32 Å². The molecule has 0 aliphatic rings. The lowest BCUT2D eigenvalue weighted by atomic mass is 10.3. The summed E-state index contributed by atoms with van der Waals surface area (Å²) in [6.07, 6.45) is 0.282. The summed E-state index contributed by atoms with van der Waals surface area (Å²) in [4.78, 5) is 21.7. The molecule has 1 aromatic carbocycles. The van der Waals surface area contributed by atoms with E-state index >= 15 is 0 Å². The number of hydrogen-bond donors (Lipinski definition) is 2. The summed E-state index contributed by atoms with van der Waals surface area (Å²) < 4.78 is 0. The Bertz CT molecular complexity index is 411. The largest absolute Gasteiger partial charge is 0.481 e. The Labute approximate surface area is 108 Å². The van der Waals surface area contributed by atoms with E-state index in [0.29, 0.717) is 16.5 Å². The molecular weight excluding hydrogens is 262 g/mol. The van der Waals surface area contributed by atoms with Crippen LogP contribution in [0.5, 0.6) is 0 Å². The Balaban J connectivity index is 2.27. The molecular formula is C11H12ClNO3S. The topological polar surface area (TPSA) is 66.4 Å². The first kappa shape index (κ1) is 13.9. The Morgan fingerprint density at radius 1 is 1.41 bits per heavy atom. The minimum absolute atomic E-state index is 0.0183. The predicted molar refractivity (Wildman–Crippen MR) is 69.7 cm³/mol. The van der Waals surface area contributed by atoms with Gasteiger partial charge in [-0.25, -0.2) is 0 Å². The zero-order valence-corrected chi connectivity index (χ0v) is 10.6. The molecule has 0 radical (unpaired) electrons. The van der Waals surface area contributed by atoms with E-state index in [1.54, 1.807) is 24.3 Å². The van der Waals surface area contributed by atoms with Crippen LogP contribution in [0.2, 0.25) is 5.02 Å².